The minimum Gasteiger partial charge on any atom is -0.289 e. The molecule has 0 atom stereocenters. The van der Waals surface area contributed by atoms with Crippen LogP contribution in [0.2, 0.25) is 0 Å². The number of ketones is 1. The molecule has 0 fully saturated rings. The molecule has 3 rings (SSSR count). The van der Waals surface area contributed by atoms with Gasteiger partial charge in [0.25, 0.3) is 0 Å². The molecule has 0 aromatic heterocycles. The van der Waals surface area contributed by atoms with E-state index in [0.717, 1.165) is 10.5 Å². The van der Waals surface area contributed by atoms with Gasteiger partial charge in [-0.05, 0) is 48.0 Å². The summed E-state index contributed by atoms with van der Waals surface area (Å²) in [4.78, 5) is 14.5. The molecule has 0 saturated carbocycles. The lowest BCUT2D eigenvalue weighted by Crippen LogP contribution is -1.93. The van der Waals surface area contributed by atoms with E-state index in [1.165, 1.54) is 4.90 Å². The molecule has 0 N–H and O–H groups in total. The first-order valence-electron chi connectivity index (χ1n) is 7.42. The first-order valence-corrected chi connectivity index (χ1v) is 8.23. The SMILES string of the molecule is O=C(C=Cc1ccccc1)c1ccc(Sc2ccccc2)cc1. The van der Waals surface area contributed by atoms with E-state index >= 15 is 0 Å². The van der Waals surface area contributed by atoms with Crippen molar-refractivity contribution in [1.82, 2.24) is 0 Å². The van der Waals surface area contributed by atoms with Crippen molar-refractivity contribution < 1.29 is 4.79 Å². The highest BCUT2D eigenvalue weighted by Crippen LogP contribution is 2.27. The van der Waals surface area contributed by atoms with Gasteiger partial charge in [0, 0.05) is 15.4 Å². The third-order valence-electron chi connectivity index (χ3n) is 3.34. The summed E-state index contributed by atoms with van der Waals surface area (Å²) >= 11 is 1.69. The summed E-state index contributed by atoms with van der Waals surface area (Å²) in [6, 6.07) is 27.8. The molecule has 3 aromatic rings. The summed E-state index contributed by atoms with van der Waals surface area (Å²) < 4.78 is 0. The Bertz CT molecular complexity index is 790. The molecule has 0 aliphatic heterocycles. The third-order valence-corrected chi connectivity index (χ3v) is 4.36. The lowest BCUT2D eigenvalue weighted by molar-refractivity contribution is 0.104. The van der Waals surface area contributed by atoms with Crippen LogP contribution in [0.3, 0.4) is 0 Å². The highest BCUT2D eigenvalue weighted by Gasteiger charge is 2.02. The van der Waals surface area contributed by atoms with Crippen LogP contribution < -0.4 is 0 Å². The molecule has 0 aliphatic rings. The van der Waals surface area contributed by atoms with E-state index in [0.29, 0.717) is 5.56 Å². The summed E-state index contributed by atoms with van der Waals surface area (Å²) in [7, 11) is 0. The van der Waals surface area contributed by atoms with Crippen LogP contribution in [0.4, 0.5) is 0 Å². The van der Waals surface area contributed by atoms with Crippen molar-refractivity contribution in [2.24, 2.45) is 0 Å². The van der Waals surface area contributed by atoms with Gasteiger partial charge in [0.1, 0.15) is 0 Å². The number of carbonyl (C=O) groups excluding carboxylic acids is 1. The van der Waals surface area contributed by atoms with Crippen LogP contribution in [0.1, 0.15) is 15.9 Å². The minimum absolute atomic E-state index is 0.0186. The van der Waals surface area contributed by atoms with Gasteiger partial charge in [0.2, 0.25) is 0 Å². The second-order valence-electron chi connectivity index (χ2n) is 5.05. The van der Waals surface area contributed by atoms with Crippen LogP contribution in [0.15, 0.2) is 101 Å². The molecule has 0 bridgehead atoms. The molecule has 0 amide bonds. The monoisotopic (exact) mass is 316 g/mol. The topological polar surface area (TPSA) is 17.1 Å². The van der Waals surface area contributed by atoms with Crippen LogP contribution >= 0.6 is 11.8 Å². The molecule has 0 unspecified atom stereocenters. The lowest BCUT2D eigenvalue weighted by Gasteiger charge is -2.02. The second kappa shape index (κ2) is 7.61. The molecule has 0 spiro atoms. The average molecular weight is 316 g/mol. The summed E-state index contributed by atoms with van der Waals surface area (Å²) in [5, 5.41) is 0. The van der Waals surface area contributed by atoms with Crippen LogP contribution in [0.5, 0.6) is 0 Å². The van der Waals surface area contributed by atoms with Gasteiger partial charge in [-0.15, -0.1) is 0 Å². The predicted molar refractivity (Wildman–Crippen MR) is 96.8 cm³/mol. The van der Waals surface area contributed by atoms with Crippen LogP contribution in [-0.2, 0) is 0 Å². The smallest absolute Gasteiger partial charge is 0.185 e. The Hall–Kier alpha value is -2.58. The molecule has 23 heavy (non-hydrogen) atoms. The molecule has 112 valence electrons. The number of hydrogen-bond acceptors (Lipinski definition) is 2. The number of benzene rings is 3. The molecule has 2 heteroatoms. The zero-order valence-corrected chi connectivity index (χ0v) is 13.4. The maximum absolute atomic E-state index is 12.2. The highest BCUT2D eigenvalue weighted by molar-refractivity contribution is 7.99. The molecule has 0 aliphatic carbocycles. The molecule has 0 heterocycles. The highest BCUT2D eigenvalue weighted by atomic mass is 32.2. The fraction of sp³-hybridized carbons (Fsp3) is 0. The Morgan fingerprint density at radius 2 is 1.26 bits per heavy atom. The van der Waals surface area contributed by atoms with Gasteiger partial charge in [-0.25, -0.2) is 0 Å². The first kappa shape index (κ1) is 15.3. The van der Waals surface area contributed by atoms with E-state index in [9.17, 15) is 4.79 Å². The summed E-state index contributed by atoms with van der Waals surface area (Å²) in [6.07, 6.45) is 3.46. The van der Waals surface area contributed by atoms with Crippen molar-refractivity contribution >= 4 is 23.6 Å². The van der Waals surface area contributed by atoms with Crippen molar-refractivity contribution in [2.75, 3.05) is 0 Å². The van der Waals surface area contributed by atoms with Crippen molar-refractivity contribution in [1.29, 1.82) is 0 Å². The molecule has 0 saturated heterocycles. The van der Waals surface area contributed by atoms with Gasteiger partial charge in [-0.3, -0.25) is 4.79 Å². The number of carbonyl (C=O) groups is 1. The Kier molecular flexibility index (Phi) is 5.07. The third kappa shape index (κ3) is 4.44. The quantitative estimate of drug-likeness (QED) is 0.441. The molecule has 3 aromatic carbocycles. The Balaban J connectivity index is 1.67. The maximum Gasteiger partial charge on any atom is 0.185 e. The second-order valence-corrected chi connectivity index (χ2v) is 6.19. The molecular formula is C21H16OS. The zero-order valence-electron chi connectivity index (χ0n) is 12.6. The van der Waals surface area contributed by atoms with Crippen molar-refractivity contribution in [3.05, 3.63) is 102 Å². The lowest BCUT2D eigenvalue weighted by atomic mass is 10.1. The Morgan fingerprint density at radius 3 is 1.91 bits per heavy atom. The van der Waals surface area contributed by atoms with E-state index < -0.39 is 0 Å². The predicted octanol–water partition coefficient (Wildman–Crippen LogP) is 5.73. The van der Waals surface area contributed by atoms with E-state index in [1.54, 1.807) is 17.8 Å². The van der Waals surface area contributed by atoms with Crippen molar-refractivity contribution in [2.45, 2.75) is 9.79 Å². The summed E-state index contributed by atoms with van der Waals surface area (Å²) in [6.45, 7) is 0. The Morgan fingerprint density at radius 1 is 0.696 bits per heavy atom. The number of allylic oxidation sites excluding steroid dienone is 1. The van der Waals surface area contributed by atoms with Gasteiger partial charge >= 0.3 is 0 Å². The van der Waals surface area contributed by atoms with E-state index in [2.05, 4.69) is 12.1 Å². The fourth-order valence-corrected chi connectivity index (χ4v) is 2.98. The molecule has 0 radical (unpaired) electrons. The Labute approximate surface area is 140 Å². The normalized spacial score (nSPS) is 10.8. The first-order chi connectivity index (χ1) is 11.3. The van der Waals surface area contributed by atoms with Crippen molar-refractivity contribution in [3.8, 4) is 0 Å². The van der Waals surface area contributed by atoms with Crippen LogP contribution in [-0.4, -0.2) is 5.78 Å². The van der Waals surface area contributed by atoms with Crippen LogP contribution in [0, 0.1) is 0 Å². The fourth-order valence-electron chi connectivity index (χ4n) is 2.14. The van der Waals surface area contributed by atoms with Gasteiger partial charge < -0.3 is 0 Å². The summed E-state index contributed by atoms with van der Waals surface area (Å²) in [5.74, 6) is 0.0186. The molecular weight excluding hydrogens is 300 g/mol. The molecule has 1 nitrogen and oxygen atoms in total. The van der Waals surface area contributed by atoms with E-state index in [4.69, 9.17) is 0 Å². The van der Waals surface area contributed by atoms with E-state index in [-0.39, 0.29) is 5.78 Å². The number of rotatable bonds is 5. The van der Waals surface area contributed by atoms with Gasteiger partial charge in [0.15, 0.2) is 5.78 Å². The van der Waals surface area contributed by atoms with Crippen molar-refractivity contribution in [3.63, 3.8) is 0 Å². The van der Waals surface area contributed by atoms with E-state index in [1.807, 2.05) is 78.9 Å². The van der Waals surface area contributed by atoms with Crippen LogP contribution in [0.25, 0.3) is 6.08 Å². The van der Waals surface area contributed by atoms with Gasteiger partial charge in [-0.1, -0.05) is 66.4 Å². The minimum atomic E-state index is 0.0186. The standard InChI is InChI=1S/C21H16OS/c22-21(16-11-17-7-3-1-4-8-17)18-12-14-20(15-13-18)23-19-9-5-2-6-10-19/h1-16H. The van der Waals surface area contributed by atoms with Gasteiger partial charge in [0.05, 0.1) is 0 Å². The maximum atomic E-state index is 12.2. The summed E-state index contributed by atoms with van der Waals surface area (Å²) in [5.41, 5.74) is 1.73. The zero-order chi connectivity index (χ0) is 15.9. The largest absolute Gasteiger partial charge is 0.289 e. The number of hydrogen-bond donors (Lipinski definition) is 0. The average Bonchev–Trinajstić information content (AvgIpc) is 2.62. The van der Waals surface area contributed by atoms with Gasteiger partial charge in [-0.2, -0.15) is 0 Å².